The molecular formula is C21H32O. The maximum Gasteiger partial charge on any atom is 0.0969 e. The molecule has 122 valence electrons. The van der Waals surface area contributed by atoms with Crippen LogP contribution in [0.4, 0.5) is 0 Å². The number of aliphatic hydroxyl groups is 1. The van der Waals surface area contributed by atoms with Gasteiger partial charge in [0.25, 0.3) is 0 Å². The van der Waals surface area contributed by atoms with Gasteiger partial charge in [-0.1, -0.05) is 69.4 Å². The normalized spacial score (nSPS) is 17.2. The number of rotatable bonds is 11. The van der Waals surface area contributed by atoms with Crippen molar-refractivity contribution in [1.29, 1.82) is 0 Å². The lowest BCUT2D eigenvalue weighted by Gasteiger charge is -2.15. The third kappa shape index (κ3) is 5.28. The highest BCUT2D eigenvalue weighted by molar-refractivity contribution is 5.26. The lowest BCUT2D eigenvalue weighted by molar-refractivity contribution is 0.229. The highest BCUT2D eigenvalue weighted by Crippen LogP contribution is 2.53. The quantitative estimate of drug-likeness (QED) is 0.394. The van der Waals surface area contributed by atoms with E-state index in [1.54, 1.807) is 6.08 Å². The first-order chi connectivity index (χ1) is 10.7. The van der Waals surface area contributed by atoms with Crippen LogP contribution in [-0.4, -0.2) is 5.11 Å². The van der Waals surface area contributed by atoms with Crippen LogP contribution in [0.15, 0.2) is 36.9 Å². The van der Waals surface area contributed by atoms with E-state index in [2.05, 4.69) is 25.6 Å². The summed E-state index contributed by atoms with van der Waals surface area (Å²) in [6.45, 7) is 5.91. The van der Waals surface area contributed by atoms with Crippen LogP contribution in [-0.2, 0) is 6.42 Å². The number of unbranched alkanes of at least 4 members (excludes halogenated alkanes) is 4. The van der Waals surface area contributed by atoms with E-state index >= 15 is 0 Å². The van der Waals surface area contributed by atoms with Gasteiger partial charge in [-0.3, -0.25) is 0 Å². The molecule has 1 fully saturated rings. The molecule has 2 rings (SSSR count). The fraction of sp³-hybridized carbons (Fsp3) is 0.619. The van der Waals surface area contributed by atoms with Gasteiger partial charge in [-0.2, -0.15) is 0 Å². The monoisotopic (exact) mass is 300 g/mol. The average molecular weight is 300 g/mol. The SMILES string of the molecule is C=CC(O)c1ccc(CCC2(CCCCCCC)CC2)cc1. The summed E-state index contributed by atoms with van der Waals surface area (Å²) in [6.07, 6.45) is 14.9. The van der Waals surface area contributed by atoms with Gasteiger partial charge in [0.05, 0.1) is 6.10 Å². The predicted octanol–water partition coefficient (Wildman–Crippen LogP) is 5.98. The highest BCUT2D eigenvalue weighted by atomic mass is 16.3. The molecule has 0 amide bonds. The molecule has 0 heterocycles. The maximum atomic E-state index is 9.73. The molecule has 1 aliphatic carbocycles. The Morgan fingerprint density at radius 1 is 1.09 bits per heavy atom. The molecule has 1 saturated carbocycles. The molecule has 0 spiro atoms. The number of hydrogen-bond acceptors (Lipinski definition) is 1. The van der Waals surface area contributed by atoms with E-state index < -0.39 is 6.10 Å². The van der Waals surface area contributed by atoms with Gasteiger partial charge in [-0.15, -0.1) is 6.58 Å². The second-order valence-electron chi connectivity index (χ2n) is 7.09. The van der Waals surface area contributed by atoms with Crippen LogP contribution in [0.2, 0.25) is 0 Å². The lowest BCUT2D eigenvalue weighted by atomic mass is 9.90. The molecule has 0 aliphatic heterocycles. The van der Waals surface area contributed by atoms with Crippen LogP contribution < -0.4 is 0 Å². The Balaban J connectivity index is 1.71. The number of hydrogen-bond donors (Lipinski definition) is 1. The number of aryl methyl sites for hydroxylation is 1. The minimum Gasteiger partial charge on any atom is -0.384 e. The van der Waals surface area contributed by atoms with Gasteiger partial charge in [0.2, 0.25) is 0 Å². The van der Waals surface area contributed by atoms with Crippen molar-refractivity contribution in [3.05, 3.63) is 48.0 Å². The second-order valence-corrected chi connectivity index (χ2v) is 7.09. The third-order valence-electron chi connectivity index (χ3n) is 5.26. The molecule has 0 radical (unpaired) electrons. The molecule has 22 heavy (non-hydrogen) atoms. The summed E-state index contributed by atoms with van der Waals surface area (Å²) in [5.41, 5.74) is 3.01. The predicted molar refractivity (Wildman–Crippen MR) is 95.0 cm³/mol. The van der Waals surface area contributed by atoms with Crippen molar-refractivity contribution in [3.63, 3.8) is 0 Å². The molecule has 1 nitrogen and oxygen atoms in total. The van der Waals surface area contributed by atoms with Crippen molar-refractivity contribution in [1.82, 2.24) is 0 Å². The zero-order valence-corrected chi connectivity index (χ0v) is 14.2. The first kappa shape index (κ1) is 17.3. The Morgan fingerprint density at radius 2 is 1.77 bits per heavy atom. The van der Waals surface area contributed by atoms with Gasteiger partial charge >= 0.3 is 0 Å². The minimum atomic E-state index is -0.535. The number of aliphatic hydroxyl groups excluding tert-OH is 1. The van der Waals surface area contributed by atoms with Gasteiger partial charge in [0.15, 0.2) is 0 Å². The zero-order chi connectivity index (χ0) is 15.8. The van der Waals surface area contributed by atoms with E-state index in [9.17, 15) is 5.11 Å². The minimum absolute atomic E-state index is 0.535. The summed E-state index contributed by atoms with van der Waals surface area (Å²) in [5.74, 6) is 0. The van der Waals surface area contributed by atoms with E-state index in [-0.39, 0.29) is 0 Å². The largest absolute Gasteiger partial charge is 0.384 e. The second kappa shape index (κ2) is 8.53. The molecule has 1 atom stereocenters. The molecule has 1 N–H and O–H groups in total. The number of benzene rings is 1. The van der Waals surface area contributed by atoms with E-state index in [0.29, 0.717) is 5.41 Å². The molecule has 1 aromatic rings. The summed E-state index contributed by atoms with van der Waals surface area (Å²) in [7, 11) is 0. The smallest absolute Gasteiger partial charge is 0.0969 e. The van der Waals surface area contributed by atoms with E-state index in [0.717, 1.165) is 5.56 Å². The van der Waals surface area contributed by atoms with Crippen molar-refractivity contribution >= 4 is 0 Å². The van der Waals surface area contributed by atoms with Crippen LogP contribution in [0.25, 0.3) is 0 Å². The molecule has 1 unspecified atom stereocenters. The van der Waals surface area contributed by atoms with Crippen molar-refractivity contribution in [3.8, 4) is 0 Å². The summed E-state index contributed by atoms with van der Waals surface area (Å²) in [6, 6.07) is 8.40. The average Bonchev–Trinajstić information content (AvgIpc) is 3.33. The van der Waals surface area contributed by atoms with Crippen LogP contribution >= 0.6 is 0 Å². The van der Waals surface area contributed by atoms with E-state index in [4.69, 9.17) is 0 Å². The zero-order valence-electron chi connectivity index (χ0n) is 14.2. The standard InChI is InChI=1S/C21H32O/c1-3-5-6-7-8-14-21(16-17-21)15-13-18-9-11-19(12-10-18)20(22)4-2/h4,9-12,20,22H,2-3,5-8,13-17H2,1H3. The van der Waals surface area contributed by atoms with Crippen molar-refractivity contribution in [2.45, 2.75) is 77.2 Å². The molecule has 0 saturated heterocycles. The van der Waals surface area contributed by atoms with Gasteiger partial charge in [0.1, 0.15) is 0 Å². The summed E-state index contributed by atoms with van der Waals surface area (Å²) in [5, 5.41) is 9.73. The molecular weight excluding hydrogens is 268 g/mol. The Bertz CT molecular complexity index is 441. The van der Waals surface area contributed by atoms with Gasteiger partial charge < -0.3 is 5.11 Å². The summed E-state index contributed by atoms with van der Waals surface area (Å²) < 4.78 is 0. The summed E-state index contributed by atoms with van der Waals surface area (Å²) in [4.78, 5) is 0. The molecule has 0 bridgehead atoms. The first-order valence-corrected chi connectivity index (χ1v) is 9.08. The Hall–Kier alpha value is -1.08. The van der Waals surface area contributed by atoms with Crippen molar-refractivity contribution < 1.29 is 5.11 Å². The molecule has 0 aromatic heterocycles. The first-order valence-electron chi connectivity index (χ1n) is 9.08. The molecule has 1 heteroatoms. The molecule has 1 aromatic carbocycles. The Kier molecular flexibility index (Phi) is 6.70. The van der Waals surface area contributed by atoms with Crippen LogP contribution in [0.5, 0.6) is 0 Å². The Morgan fingerprint density at radius 3 is 2.36 bits per heavy atom. The van der Waals surface area contributed by atoms with Crippen molar-refractivity contribution in [2.75, 3.05) is 0 Å². The summed E-state index contributed by atoms with van der Waals surface area (Å²) >= 11 is 0. The van der Waals surface area contributed by atoms with Crippen LogP contribution in [0.3, 0.4) is 0 Å². The van der Waals surface area contributed by atoms with Gasteiger partial charge in [-0.05, 0) is 48.6 Å². The van der Waals surface area contributed by atoms with E-state index in [1.165, 1.54) is 69.8 Å². The fourth-order valence-electron chi connectivity index (χ4n) is 3.33. The van der Waals surface area contributed by atoms with Crippen LogP contribution in [0.1, 0.15) is 81.9 Å². The van der Waals surface area contributed by atoms with Gasteiger partial charge in [0, 0.05) is 0 Å². The highest BCUT2D eigenvalue weighted by Gasteiger charge is 2.40. The molecule has 1 aliphatic rings. The lowest BCUT2D eigenvalue weighted by Crippen LogP contribution is -2.03. The third-order valence-corrected chi connectivity index (χ3v) is 5.26. The topological polar surface area (TPSA) is 20.2 Å². The van der Waals surface area contributed by atoms with Crippen LogP contribution in [0, 0.1) is 5.41 Å². The maximum absolute atomic E-state index is 9.73. The fourth-order valence-corrected chi connectivity index (χ4v) is 3.33. The van der Waals surface area contributed by atoms with Gasteiger partial charge in [-0.25, -0.2) is 0 Å². The Labute approximate surface area is 136 Å². The van der Waals surface area contributed by atoms with Crippen molar-refractivity contribution in [2.24, 2.45) is 5.41 Å². The van der Waals surface area contributed by atoms with E-state index in [1.807, 2.05) is 12.1 Å².